The molecule has 0 bridgehead atoms. The molecule has 28 heavy (non-hydrogen) atoms. The minimum absolute atomic E-state index is 0.0411. The van der Waals surface area contributed by atoms with Crippen molar-refractivity contribution in [1.29, 1.82) is 0 Å². The Morgan fingerprint density at radius 3 is 2.50 bits per heavy atom. The van der Waals surface area contributed by atoms with Crippen molar-refractivity contribution in [2.24, 2.45) is 5.92 Å². The molecule has 0 aromatic heterocycles. The normalized spacial score (nSPS) is 18.3. The van der Waals surface area contributed by atoms with Gasteiger partial charge < -0.3 is 5.32 Å². The van der Waals surface area contributed by atoms with Crippen LogP contribution in [-0.2, 0) is 21.2 Å². The highest BCUT2D eigenvalue weighted by Crippen LogP contribution is 2.31. The summed E-state index contributed by atoms with van der Waals surface area (Å²) in [5.41, 5.74) is 1.15. The monoisotopic (exact) mass is 424 g/mol. The van der Waals surface area contributed by atoms with Gasteiger partial charge in [0.1, 0.15) is 5.82 Å². The summed E-state index contributed by atoms with van der Waals surface area (Å²) in [5, 5.41) is 2.75. The molecule has 0 saturated carbocycles. The van der Waals surface area contributed by atoms with E-state index in [1.165, 1.54) is 30.3 Å². The van der Waals surface area contributed by atoms with Crippen LogP contribution in [-0.4, -0.2) is 32.5 Å². The van der Waals surface area contributed by atoms with Crippen molar-refractivity contribution in [2.75, 3.05) is 16.6 Å². The summed E-state index contributed by atoms with van der Waals surface area (Å²) in [7, 11) is -3.74. The van der Waals surface area contributed by atoms with Crippen LogP contribution in [0.15, 0.2) is 42.5 Å². The Balaban J connectivity index is 1.69. The van der Waals surface area contributed by atoms with Gasteiger partial charge in [0.25, 0.3) is 5.91 Å². The fourth-order valence-electron chi connectivity index (χ4n) is 2.97. The average Bonchev–Trinajstić information content (AvgIpc) is 2.83. The molecule has 1 N–H and O–H groups in total. The molecule has 0 unspecified atom stereocenters. The summed E-state index contributed by atoms with van der Waals surface area (Å²) in [4.78, 5) is 24.5. The van der Waals surface area contributed by atoms with Crippen molar-refractivity contribution >= 4 is 39.1 Å². The quantitative estimate of drug-likeness (QED) is 0.800. The summed E-state index contributed by atoms with van der Waals surface area (Å²) in [5.74, 6) is -2.16. The summed E-state index contributed by atoms with van der Waals surface area (Å²) in [6, 6.07) is 10.0. The van der Waals surface area contributed by atoms with E-state index in [4.69, 9.17) is 11.6 Å². The first kappa shape index (κ1) is 20.3. The number of anilines is 1. The fourth-order valence-corrected chi connectivity index (χ4v) is 5.04. The van der Waals surface area contributed by atoms with Crippen molar-refractivity contribution in [3.63, 3.8) is 0 Å². The Kier molecular flexibility index (Phi) is 5.71. The number of carbonyl (C=O) groups excluding carboxylic acids is 2. The topological polar surface area (TPSA) is 83.6 Å². The zero-order valence-electron chi connectivity index (χ0n) is 15.0. The number of halogens is 2. The van der Waals surface area contributed by atoms with Crippen molar-refractivity contribution in [3.8, 4) is 0 Å². The molecule has 148 valence electrons. The Morgan fingerprint density at radius 2 is 1.93 bits per heavy atom. The van der Waals surface area contributed by atoms with Gasteiger partial charge in [0.15, 0.2) is 0 Å². The van der Waals surface area contributed by atoms with Crippen LogP contribution in [0.2, 0.25) is 5.02 Å². The molecule has 9 heteroatoms. The number of hydrogen-bond acceptors (Lipinski definition) is 4. The molecule has 6 nitrogen and oxygen atoms in total. The van der Waals surface area contributed by atoms with E-state index in [0.717, 1.165) is 9.87 Å². The van der Waals surface area contributed by atoms with Gasteiger partial charge in [0.05, 0.1) is 27.9 Å². The minimum atomic E-state index is -3.74. The highest BCUT2D eigenvalue weighted by atomic mass is 35.5. The molecule has 1 fully saturated rings. The predicted molar refractivity (Wildman–Crippen MR) is 104 cm³/mol. The average molecular weight is 425 g/mol. The van der Waals surface area contributed by atoms with Gasteiger partial charge in [0.2, 0.25) is 15.9 Å². The Bertz CT molecular complexity index is 1020. The van der Waals surface area contributed by atoms with E-state index in [-0.39, 0.29) is 27.8 Å². The summed E-state index contributed by atoms with van der Waals surface area (Å²) in [6.45, 7) is 1.86. The SMILES string of the molecule is C[C@H]1CS(=O)(=O)N(c2ccc(C(=O)NCCc3ccc(F)cc3)c(Cl)c2)C1=O. The van der Waals surface area contributed by atoms with Crippen LogP contribution in [0.3, 0.4) is 0 Å². The van der Waals surface area contributed by atoms with Crippen LogP contribution in [0.1, 0.15) is 22.8 Å². The van der Waals surface area contributed by atoms with E-state index in [1.807, 2.05) is 0 Å². The van der Waals surface area contributed by atoms with E-state index in [0.29, 0.717) is 13.0 Å². The Hall–Kier alpha value is -2.45. The van der Waals surface area contributed by atoms with Crippen LogP contribution in [0, 0.1) is 11.7 Å². The van der Waals surface area contributed by atoms with Crippen LogP contribution < -0.4 is 9.62 Å². The van der Waals surface area contributed by atoms with Crippen molar-refractivity contribution in [1.82, 2.24) is 5.32 Å². The summed E-state index contributed by atoms with van der Waals surface area (Å²) in [6.07, 6.45) is 0.514. The first-order chi connectivity index (χ1) is 13.2. The van der Waals surface area contributed by atoms with E-state index in [1.54, 1.807) is 19.1 Å². The molecule has 2 aromatic rings. The number of benzene rings is 2. The van der Waals surface area contributed by atoms with E-state index < -0.39 is 27.8 Å². The van der Waals surface area contributed by atoms with E-state index in [9.17, 15) is 22.4 Å². The van der Waals surface area contributed by atoms with Gasteiger partial charge in [0, 0.05) is 6.54 Å². The first-order valence-electron chi connectivity index (χ1n) is 8.58. The van der Waals surface area contributed by atoms with Gasteiger partial charge in [-0.2, -0.15) is 0 Å². The maximum Gasteiger partial charge on any atom is 0.252 e. The van der Waals surface area contributed by atoms with E-state index in [2.05, 4.69) is 5.32 Å². The van der Waals surface area contributed by atoms with Crippen molar-refractivity contribution in [3.05, 3.63) is 64.4 Å². The van der Waals surface area contributed by atoms with Crippen LogP contribution in [0.4, 0.5) is 10.1 Å². The molecule has 1 heterocycles. The highest BCUT2D eigenvalue weighted by molar-refractivity contribution is 7.94. The molecule has 2 aromatic carbocycles. The number of rotatable bonds is 5. The molecule has 1 atom stereocenters. The number of nitrogens with zero attached hydrogens (tertiary/aromatic N) is 1. The first-order valence-corrected chi connectivity index (χ1v) is 10.6. The molecule has 2 amide bonds. The van der Waals surface area contributed by atoms with Crippen LogP contribution in [0.5, 0.6) is 0 Å². The second-order valence-electron chi connectivity index (χ2n) is 6.58. The number of carbonyl (C=O) groups is 2. The molecule has 0 radical (unpaired) electrons. The molecule has 3 rings (SSSR count). The zero-order chi connectivity index (χ0) is 20.5. The third-order valence-corrected chi connectivity index (χ3v) is 6.59. The summed E-state index contributed by atoms with van der Waals surface area (Å²) >= 11 is 6.16. The highest BCUT2D eigenvalue weighted by Gasteiger charge is 2.42. The van der Waals surface area contributed by atoms with Gasteiger partial charge >= 0.3 is 0 Å². The van der Waals surface area contributed by atoms with E-state index >= 15 is 0 Å². The smallest absolute Gasteiger partial charge is 0.252 e. The molecule has 1 aliphatic heterocycles. The van der Waals surface area contributed by atoms with Gasteiger partial charge in [-0.25, -0.2) is 17.1 Å². The second kappa shape index (κ2) is 7.89. The van der Waals surface area contributed by atoms with Crippen LogP contribution >= 0.6 is 11.6 Å². The second-order valence-corrected chi connectivity index (χ2v) is 8.85. The summed E-state index contributed by atoms with van der Waals surface area (Å²) < 4.78 is 38.0. The van der Waals surface area contributed by atoms with Gasteiger partial charge in [-0.15, -0.1) is 0 Å². The molecular weight excluding hydrogens is 407 g/mol. The molecule has 1 aliphatic rings. The van der Waals surface area contributed by atoms with Crippen molar-refractivity contribution < 1.29 is 22.4 Å². The maximum atomic E-state index is 12.9. The lowest BCUT2D eigenvalue weighted by Crippen LogP contribution is -2.30. The van der Waals surface area contributed by atoms with Crippen molar-refractivity contribution in [2.45, 2.75) is 13.3 Å². The zero-order valence-corrected chi connectivity index (χ0v) is 16.6. The number of nitrogens with one attached hydrogen (secondary N) is 1. The lowest BCUT2D eigenvalue weighted by molar-refractivity contribution is -0.119. The fraction of sp³-hybridized carbons (Fsp3) is 0.263. The van der Waals surface area contributed by atoms with Crippen LogP contribution in [0.25, 0.3) is 0 Å². The number of hydrogen-bond donors (Lipinski definition) is 1. The largest absolute Gasteiger partial charge is 0.352 e. The van der Waals surface area contributed by atoms with Gasteiger partial charge in [-0.3, -0.25) is 9.59 Å². The van der Waals surface area contributed by atoms with Gasteiger partial charge in [-0.1, -0.05) is 30.7 Å². The standard InChI is InChI=1S/C19H18ClFN2O4S/c1-12-11-28(26,27)23(19(12)25)15-6-7-16(17(20)10-15)18(24)22-9-8-13-2-4-14(21)5-3-13/h2-7,10,12H,8-9,11H2,1H3,(H,22,24)/t12-/m0/s1. The molecule has 0 spiro atoms. The Morgan fingerprint density at radius 1 is 1.25 bits per heavy atom. The lowest BCUT2D eigenvalue weighted by atomic mass is 10.1. The lowest BCUT2D eigenvalue weighted by Gasteiger charge is -2.16. The maximum absolute atomic E-state index is 12.9. The minimum Gasteiger partial charge on any atom is -0.352 e. The van der Waals surface area contributed by atoms with Gasteiger partial charge in [-0.05, 0) is 42.3 Å². The predicted octanol–water partition coefficient (Wildman–Crippen LogP) is 2.76. The molecule has 0 aliphatic carbocycles. The molecular formula is C19H18ClFN2O4S. The third kappa shape index (κ3) is 4.18. The molecule has 1 saturated heterocycles. The third-order valence-electron chi connectivity index (χ3n) is 4.40. The number of sulfonamides is 1. The Labute approximate surface area is 167 Å². The number of amides is 2.